The molecule has 2 aromatic rings. The number of anilines is 2. The van der Waals surface area contributed by atoms with Gasteiger partial charge >= 0.3 is 0 Å². The normalized spacial score (nSPS) is 11.9. The van der Waals surface area contributed by atoms with E-state index in [9.17, 15) is 0 Å². The second kappa shape index (κ2) is 5.35. The minimum absolute atomic E-state index is 0.130. The Morgan fingerprint density at radius 1 is 1.22 bits per heavy atom. The molecule has 5 heteroatoms. The van der Waals surface area contributed by atoms with Gasteiger partial charge in [-0.2, -0.15) is 9.97 Å². The lowest BCUT2D eigenvalue weighted by Crippen LogP contribution is -2.09. The zero-order chi connectivity index (χ0) is 13.0. The van der Waals surface area contributed by atoms with E-state index >= 15 is 0 Å². The van der Waals surface area contributed by atoms with E-state index in [0.29, 0.717) is 11.7 Å². The van der Waals surface area contributed by atoms with E-state index in [2.05, 4.69) is 34.3 Å². The molecule has 94 valence electrons. The van der Waals surface area contributed by atoms with Gasteiger partial charge in [-0.05, 0) is 12.5 Å². The third-order valence-electron chi connectivity index (χ3n) is 2.59. The molecule has 2 rings (SSSR count). The van der Waals surface area contributed by atoms with Gasteiger partial charge in [-0.15, -0.1) is 0 Å². The summed E-state index contributed by atoms with van der Waals surface area (Å²) in [5.74, 6) is 1.29. The SMILES string of the molecule is COc1cc(NC(C)c2ccccc2)nc(N)n1. The third-order valence-corrected chi connectivity index (χ3v) is 2.59. The maximum absolute atomic E-state index is 5.61. The lowest BCUT2D eigenvalue weighted by molar-refractivity contribution is 0.398. The summed E-state index contributed by atoms with van der Waals surface area (Å²) in [6, 6.07) is 12.0. The first kappa shape index (κ1) is 12.2. The molecule has 5 nitrogen and oxygen atoms in total. The summed E-state index contributed by atoms with van der Waals surface area (Å²) >= 11 is 0. The molecular formula is C13H16N4O. The van der Waals surface area contributed by atoms with Gasteiger partial charge in [0.25, 0.3) is 0 Å². The first-order chi connectivity index (χ1) is 8.69. The topological polar surface area (TPSA) is 73.1 Å². The van der Waals surface area contributed by atoms with Gasteiger partial charge in [0.2, 0.25) is 11.8 Å². The quantitative estimate of drug-likeness (QED) is 0.862. The fourth-order valence-electron chi connectivity index (χ4n) is 1.67. The Labute approximate surface area is 106 Å². The molecule has 0 aliphatic rings. The van der Waals surface area contributed by atoms with Crippen LogP contribution in [0.4, 0.5) is 11.8 Å². The zero-order valence-electron chi connectivity index (χ0n) is 10.4. The number of nitrogens with one attached hydrogen (secondary N) is 1. The van der Waals surface area contributed by atoms with E-state index in [0.717, 1.165) is 0 Å². The van der Waals surface area contributed by atoms with Crippen molar-refractivity contribution < 1.29 is 4.74 Å². The van der Waals surface area contributed by atoms with Crippen molar-refractivity contribution in [3.05, 3.63) is 42.0 Å². The molecule has 0 fully saturated rings. The molecule has 0 amide bonds. The Bertz CT molecular complexity index is 516. The molecular weight excluding hydrogens is 228 g/mol. The molecule has 1 aromatic carbocycles. The van der Waals surface area contributed by atoms with Gasteiger partial charge in [-0.3, -0.25) is 0 Å². The average molecular weight is 244 g/mol. The smallest absolute Gasteiger partial charge is 0.225 e. The molecule has 0 spiro atoms. The molecule has 0 aliphatic heterocycles. The Morgan fingerprint density at radius 2 is 1.94 bits per heavy atom. The average Bonchev–Trinajstić information content (AvgIpc) is 2.39. The summed E-state index contributed by atoms with van der Waals surface area (Å²) in [5, 5.41) is 3.26. The number of benzene rings is 1. The number of methoxy groups -OCH3 is 1. The number of hydrogen-bond donors (Lipinski definition) is 2. The molecule has 18 heavy (non-hydrogen) atoms. The van der Waals surface area contributed by atoms with Crippen molar-refractivity contribution in [3.8, 4) is 5.88 Å². The van der Waals surface area contributed by atoms with Crippen molar-refractivity contribution in [2.75, 3.05) is 18.2 Å². The minimum atomic E-state index is 0.130. The molecule has 0 saturated carbocycles. The van der Waals surface area contributed by atoms with Gasteiger partial charge in [-0.25, -0.2) is 0 Å². The van der Waals surface area contributed by atoms with Crippen molar-refractivity contribution in [2.24, 2.45) is 0 Å². The number of ether oxygens (including phenoxy) is 1. The summed E-state index contributed by atoms with van der Waals surface area (Å²) in [6.45, 7) is 2.06. The van der Waals surface area contributed by atoms with E-state index in [1.54, 1.807) is 13.2 Å². The summed E-state index contributed by atoms with van der Waals surface area (Å²) in [6.07, 6.45) is 0. The third kappa shape index (κ3) is 2.88. The fraction of sp³-hybridized carbons (Fsp3) is 0.231. The van der Waals surface area contributed by atoms with Crippen molar-refractivity contribution in [1.82, 2.24) is 9.97 Å². The largest absolute Gasteiger partial charge is 0.481 e. The Hall–Kier alpha value is -2.30. The summed E-state index contributed by atoms with van der Waals surface area (Å²) < 4.78 is 5.05. The van der Waals surface area contributed by atoms with E-state index in [-0.39, 0.29) is 12.0 Å². The molecule has 1 atom stereocenters. The van der Waals surface area contributed by atoms with Gasteiger partial charge in [0.1, 0.15) is 5.82 Å². The van der Waals surface area contributed by atoms with Crippen molar-refractivity contribution in [2.45, 2.75) is 13.0 Å². The van der Waals surface area contributed by atoms with Gasteiger partial charge in [-0.1, -0.05) is 30.3 Å². The van der Waals surface area contributed by atoms with Crippen LogP contribution in [0.1, 0.15) is 18.5 Å². The van der Waals surface area contributed by atoms with Crippen LogP contribution in [0.2, 0.25) is 0 Å². The molecule has 3 N–H and O–H groups in total. The Balaban J connectivity index is 2.16. The molecule has 0 radical (unpaired) electrons. The van der Waals surface area contributed by atoms with Crippen LogP contribution in [-0.2, 0) is 0 Å². The van der Waals surface area contributed by atoms with Gasteiger partial charge in [0.15, 0.2) is 0 Å². The predicted molar refractivity (Wildman–Crippen MR) is 71.5 cm³/mol. The van der Waals surface area contributed by atoms with Gasteiger partial charge in [0, 0.05) is 12.1 Å². The van der Waals surface area contributed by atoms with Crippen LogP contribution in [0.25, 0.3) is 0 Å². The first-order valence-electron chi connectivity index (χ1n) is 5.69. The van der Waals surface area contributed by atoms with Crippen LogP contribution < -0.4 is 15.8 Å². The molecule has 0 bridgehead atoms. The van der Waals surface area contributed by atoms with Crippen LogP contribution >= 0.6 is 0 Å². The van der Waals surface area contributed by atoms with Crippen molar-refractivity contribution in [1.29, 1.82) is 0 Å². The van der Waals surface area contributed by atoms with Crippen LogP contribution in [-0.4, -0.2) is 17.1 Å². The standard InChI is InChI=1S/C13H16N4O/c1-9(10-6-4-3-5-7-10)15-11-8-12(18-2)17-13(14)16-11/h3-9H,1-2H3,(H3,14,15,16,17). The zero-order valence-corrected chi connectivity index (χ0v) is 10.4. The predicted octanol–water partition coefficient (Wildman–Crippen LogP) is 2.24. The summed E-state index contributed by atoms with van der Waals surface area (Å²) in [7, 11) is 1.55. The number of aromatic nitrogens is 2. The molecule has 0 saturated heterocycles. The summed E-state index contributed by atoms with van der Waals surface area (Å²) in [4.78, 5) is 8.06. The van der Waals surface area contributed by atoms with E-state index in [4.69, 9.17) is 10.5 Å². The maximum atomic E-state index is 5.61. The maximum Gasteiger partial charge on any atom is 0.225 e. The molecule has 0 aliphatic carbocycles. The monoisotopic (exact) mass is 244 g/mol. The highest BCUT2D eigenvalue weighted by Crippen LogP contribution is 2.20. The minimum Gasteiger partial charge on any atom is -0.481 e. The fourth-order valence-corrected chi connectivity index (χ4v) is 1.67. The number of rotatable bonds is 4. The van der Waals surface area contributed by atoms with E-state index < -0.39 is 0 Å². The Morgan fingerprint density at radius 3 is 2.61 bits per heavy atom. The number of nitrogen functional groups attached to an aromatic ring is 1. The summed E-state index contributed by atoms with van der Waals surface area (Å²) in [5.41, 5.74) is 6.78. The van der Waals surface area contributed by atoms with Gasteiger partial charge in [0.05, 0.1) is 7.11 Å². The number of hydrogen-bond acceptors (Lipinski definition) is 5. The second-order valence-electron chi connectivity index (χ2n) is 3.93. The number of nitrogens with zero attached hydrogens (tertiary/aromatic N) is 2. The highest BCUT2D eigenvalue weighted by atomic mass is 16.5. The number of nitrogens with two attached hydrogens (primary N) is 1. The van der Waals surface area contributed by atoms with E-state index in [1.807, 2.05) is 18.2 Å². The highest BCUT2D eigenvalue weighted by Gasteiger charge is 2.07. The van der Waals surface area contributed by atoms with Crippen LogP contribution in [0.5, 0.6) is 5.88 Å². The highest BCUT2D eigenvalue weighted by molar-refractivity contribution is 5.44. The molecule has 1 aromatic heterocycles. The van der Waals surface area contributed by atoms with Crippen molar-refractivity contribution >= 4 is 11.8 Å². The van der Waals surface area contributed by atoms with Crippen molar-refractivity contribution in [3.63, 3.8) is 0 Å². The Kier molecular flexibility index (Phi) is 3.62. The van der Waals surface area contributed by atoms with Gasteiger partial charge < -0.3 is 15.8 Å². The van der Waals surface area contributed by atoms with Crippen LogP contribution in [0.3, 0.4) is 0 Å². The lowest BCUT2D eigenvalue weighted by atomic mass is 10.1. The van der Waals surface area contributed by atoms with Crippen LogP contribution in [0, 0.1) is 0 Å². The second-order valence-corrected chi connectivity index (χ2v) is 3.93. The molecule has 1 unspecified atom stereocenters. The van der Waals surface area contributed by atoms with E-state index in [1.165, 1.54) is 5.56 Å². The lowest BCUT2D eigenvalue weighted by Gasteiger charge is -2.15. The van der Waals surface area contributed by atoms with Crippen LogP contribution in [0.15, 0.2) is 36.4 Å². The first-order valence-corrected chi connectivity index (χ1v) is 5.69. The molecule has 1 heterocycles.